The van der Waals surface area contributed by atoms with Gasteiger partial charge < -0.3 is 10.6 Å². The summed E-state index contributed by atoms with van der Waals surface area (Å²) in [7, 11) is 0. The second-order valence-electron chi connectivity index (χ2n) is 4.08. The number of aromatic nitrogens is 1. The minimum Gasteiger partial charge on any atom is -0.350 e. The Balaban J connectivity index is 1.79. The molecule has 1 aliphatic heterocycles. The van der Waals surface area contributed by atoms with Crippen LogP contribution in [0.4, 0.5) is 0 Å². The van der Waals surface area contributed by atoms with Gasteiger partial charge >= 0.3 is 0 Å². The number of piperidine rings is 1. The quantitative estimate of drug-likeness (QED) is 0.786. The molecule has 0 bridgehead atoms. The Morgan fingerprint density at radius 1 is 1.56 bits per heavy atom. The Labute approximate surface area is 95.5 Å². The average molecular weight is 219 g/mol. The third-order valence-corrected chi connectivity index (χ3v) is 2.84. The Kier molecular flexibility index (Phi) is 3.88. The SMILES string of the molecule is O=C(NCc1ccccn1)C1CCCNC1. The highest BCUT2D eigenvalue weighted by molar-refractivity contribution is 5.78. The third kappa shape index (κ3) is 3.03. The van der Waals surface area contributed by atoms with Gasteiger partial charge in [-0.15, -0.1) is 0 Å². The number of rotatable bonds is 3. The number of hydrogen-bond donors (Lipinski definition) is 2. The molecule has 16 heavy (non-hydrogen) atoms. The smallest absolute Gasteiger partial charge is 0.224 e. The highest BCUT2D eigenvalue weighted by atomic mass is 16.1. The van der Waals surface area contributed by atoms with E-state index in [4.69, 9.17) is 0 Å². The number of nitrogens with one attached hydrogen (secondary N) is 2. The van der Waals surface area contributed by atoms with E-state index in [2.05, 4.69) is 15.6 Å². The molecule has 1 fully saturated rings. The van der Waals surface area contributed by atoms with Crippen molar-refractivity contribution < 1.29 is 4.79 Å². The highest BCUT2D eigenvalue weighted by Gasteiger charge is 2.20. The summed E-state index contributed by atoms with van der Waals surface area (Å²) >= 11 is 0. The molecular formula is C12H17N3O. The Hall–Kier alpha value is -1.42. The molecule has 1 amide bonds. The van der Waals surface area contributed by atoms with Crippen molar-refractivity contribution in [1.29, 1.82) is 0 Å². The van der Waals surface area contributed by atoms with Crippen molar-refractivity contribution in [3.05, 3.63) is 30.1 Å². The van der Waals surface area contributed by atoms with Gasteiger partial charge in [-0.3, -0.25) is 9.78 Å². The maximum absolute atomic E-state index is 11.8. The van der Waals surface area contributed by atoms with Crippen LogP contribution in [0.25, 0.3) is 0 Å². The van der Waals surface area contributed by atoms with E-state index in [0.717, 1.165) is 31.6 Å². The summed E-state index contributed by atoms with van der Waals surface area (Å²) in [6.45, 7) is 2.36. The second kappa shape index (κ2) is 5.61. The van der Waals surface area contributed by atoms with Gasteiger partial charge in [-0.1, -0.05) is 6.07 Å². The Bertz CT molecular complexity index is 333. The first kappa shape index (κ1) is 11.1. The van der Waals surface area contributed by atoms with E-state index in [0.29, 0.717) is 6.54 Å². The predicted octanol–water partition coefficient (Wildman–Crippen LogP) is 0.697. The normalized spacial score (nSPS) is 20.4. The Morgan fingerprint density at radius 2 is 2.50 bits per heavy atom. The van der Waals surface area contributed by atoms with Crippen molar-refractivity contribution in [2.24, 2.45) is 5.92 Å². The van der Waals surface area contributed by atoms with Crippen molar-refractivity contribution in [2.75, 3.05) is 13.1 Å². The minimum atomic E-state index is 0.123. The first-order chi connectivity index (χ1) is 7.86. The lowest BCUT2D eigenvalue weighted by molar-refractivity contribution is -0.125. The zero-order valence-corrected chi connectivity index (χ0v) is 9.28. The molecule has 86 valence electrons. The van der Waals surface area contributed by atoms with Gasteiger partial charge in [0.2, 0.25) is 5.91 Å². The van der Waals surface area contributed by atoms with Crippen LogP contribution in [-0.2, 0) is 11.3 Å². The minimum absolute atomic E-state index is 0.123. The summed E-state index contributed by atoms with van der Waals surface area (Å²) in [5.41, 5.74) is 0.902. The number of amides is 1. The van der Waals surface area contributed by atoms with Crippen LogP contribution in [0.2, 0.25) is 0 Å². The third-order valence-electron chi connectivity index (χ3n) is 2.84. The van der Waals surface area contributed by atoms with Gasteiger partial charge in [0.15, 0.2) is 0 Å². The predicted molar refractivity (Wildman–Crippen MR) is 61.7 cm³/mol. The first-order valence-corrected chi connectivity index (χ1v) is 5.74. The summed E-state index contributed by atoms with van der Waals surface area (Å²) in [4.78, 5) is 16.0. The molecule has 1 aromatic heterocycles. The van der Waals surface area contributed by atoms with Gasteiger partial charge in [-0.2, -0.15) is 0 Å². The van der Waals surface area contributed by atoms with Crippen LogP contribution >= 0.6 is 0 Å². The molecule has 2 heterocycles. The van der Waals surface area contributed by atoms with Crippen LogP contribution in [0, 0.1) is 5.92 Å². The number of nitrogens with zero attached hydrogens (tertiary/aromatic N) is 1. The molecule has 4 heteroatoms. The molecule has 0 spiro atoms. The monoisotopic (exact) mass is 219 g/mol. The molecule has 0 saturated carbocycles. The van der Waals surface area contributed by atoms with Crippen molar-refractivity contribution in [3.8, 4) is 0 Å². The Morgan fingerprint density at radius 3 is 3.19 bits per heavy atom. The molecule has 0 radical (unpaired) electrons. The molecule has 0 aromatic carbocycles. The van der Waals surface area contributed by atoms with E-state index in [1.165, 1.54) is 0 Å². The molecule has 2 N–H and O–H groups in total. The number of pyridine rings is 1. The fourth-order valence-corrected chi connectivity index (χ4v) is 1.90. The van der Waals surface area contributed by atoms with Gasteiger partial charge in [-0.25, -0.2) is 0 Å². The van der Waals surface area contributed by atoms with Crippen LogP contribution < -0.4 is 10.6 Å². The fourth-order valence-electron chi connectivity index (χ4n) is 1.90. The molecule has 2 rings (SSSR count). The lowest BCUT2D eigenvalue weighted by atomic mass is 9.99. The first-order valence-electron chi connectivity index (χ1n) is 5.74. The molecular weight excluding hydrogens is 202 g/mol. The van der Waals surface area contributed by atoms with E-state index in [-0.39, 0.29) is 11.8 Å². The second-order valence-corrected chi connectivity index (χ2v) is 4.08. The van der Waals surface area contributed by atoms with Gasteiger partial charge in [-0.05, 0) is 31.5 Å². The maximum atomic E-state index is 11.8. The van der Waals surface area contributed by atoms with Crippen molar-refractivity contribution in [2.45, 2.75) is 19.4 Å². The topological polar surface area (TPSA) is 54.0 Å². The standard InChI is InChI=1S/C12H17N3O/c16-12(10-4-3-6-13-8-10)15-9-11-5-1-2-7-14-11/h1-2,5,7,10,13H,3-4,6,8-9H2,(H,15,16). The molecule has 4 nitrogen and oxygen atoms in total. The van der Waals surface area contributed by atoms with Crippen molar-refractivity contribution >= 4 is 5.91 Å². The molecule has 1 aliphatic rings. The fraction of sp³-hybridized carbons (Fsp3) is 0.500. The number of hydrogen-bond acceptors (Lipinski definition) is 3. The average Bonchev–Trinajstić information content (AvgIpc) is 2.38. The van der Waals surface area contributed by atoms with E-state index >= 15 is 0 Å². The maximum Gasteiger partial charge on any atom is 0.224 e. The van der Waals surface area contributed by atoms with E-state index in [9.17, 15) is 4.79 Å². The number of carbonyl (C=O) groups excluding carboxylic acids is 1. The molecule has 1 saturated heterocycles. The van der Waals surface area contributed by atoms with Gasteiger partial charge in [0, 0.05) is 12.7 Å². The molecule has 1 atom stereocenters. The van der Waals surface area contributed by atoms with E-state index in [1.54, 1.807) is 6.20 Å². The molecule has 0 aliphatic carbocycles. The lowest BCUT2D eigenvalue weighted by Gasteiger charge is -2.21. The lowest BCUT2D eigenvalue weighted by Crippen LogP contribution is -2.40. The van der Waals surface area contributed by atoms with Crippen molar-refractivity contribution in [1.82, 2.24) is 15.6 Å². The zero-order chi connectivity index (χ0) is 11.2. The zero-order valence-electron chi connectivity index (χ0n) is 9.28. The summed E-state index contributed by atoms with van der Waals surface area (Å²) in [5.74, 6) is 0.260. The van der Waals surface area contributed by atoms with Gasteiger partial charge in [0.25, 0.3) is 0 Å². The summed E-state index contributed by atoms with van der Waals surface area (Å²) in [5, 5.41) is 6.16. The van der Waals surface area contributed by atoms with Crippen LogP contribution in [0.15, 0.2) is 24.4 Å². The summed E-state index contributed by atoms with van der Waals surface area (Å²) in [6.07, 6.45) is 3.81. The van der Waals surface area contributed by atoms with E-state index < -0.39 is 0 Å². The summed E-state index contributed by atoms with van der Waals surface area (Å²) < 4.78 is 0. The van der Waals surface area contributed by atoms with Crippen LogP contribution in [0.1, 0.15) is 18.5 Å². The van der Waals surface area contributed by atoms with Crippen LogP contribution in [0.5, 0.6) is 0 Å². The van der Waals surface area contributed by atoms with Crippen LogP contribution in [0.3, 0.4) is 0 Å². The van der Waals surface area contributed by atoms with Gasteiger partial charge in [0.1, 0.15) is 0 Å². The summed E-state index contributed by atoms with van der Waals surface area (Å²) in [6, 6.07) is 5.71. The largest absolute Gasteiger partial charge is 0.350 e. The van der Waals surface area contributed by atoms with Gasteiger partial charge in [0.05, 0.1) is 18.2 Å². The van der Waals surface area contributed by atoms with E-state index in [1.807, 2.05) is 18.2 Å². The highest BCUT2D eigenvalue weighted by Crippen LogP contribution is 2.09. The van der Waals surface area contributed by atoms with Crippen molar-refractivity contribution in [3.63, 3.8) is 0 Å². The molecule has 1 aromatic rings. The number of carbonyl (C=O) groups is 1. The molecule has 1 unspecified atom stereocenters. The van der Waals surface area contributed by atoms with Crippen LogP contribution in [-0.4, -0.2) is 24.0 Å².